The molecule has 2 aromatic carbocycles. The summed E-state index contributed by atoms with van der Waals surface area (Å²) in [4.78, 5) is 13.2. The van der Waals surface area contributed by atoms with E-state index in [4.69, 9.17) is 15.2 Å². The lowest BCUT2D eigenvalue weighted by Gasteiger charge is -2.05. The highest BCUT2D eigenvalue weighted by Crippen LogP contribution is 2.40. The lowest BCUT2D eigenvalue weighted by Crippen LogP contribution is -2.02. The molecule has 0 saturated heterocycles. The van der Waals surface area contributed by atoms with Gasteiger partial charge in [0.1, 0.15) is 21.5 Å². The molecule has 1 aliphatic rings. The average molecular weight is 442 g/mol. The minimum absolute atomic E-state index is 0.177. The molecule has 0 unspecified atom stereocenters. The Morgan fingerprint density at radius 1 is 1.22 bits per heavy atom. The Hall–Kier alpha value is -3.02. The predicted octanol–water partition coefficient (Wildman–Crippen LogP) is 4.67. The first-order chi connectivity index (χ1) is 13.1. The molecule has 2 heterocycles. The molecule has 1 aromatic heterocycles. The number of nitrogens with two attached hydrogens (primary N) is 1. The van der Waals surface area contributed by atoms with Crippen molar-refractivity contribution in [2.45, 2.75) is 0 Å². The van der Waals surface area contributed by atoms with E-state index in [0.29, 0.717) is 32.6 Å². The second kappa shape index (κ2) is 6.95. The summed E-state index contributed by atoms with van der Waals surface area (Å²) in [5.74, 6) is 1.06. The largest absolute Gasteiger partial charge is 0.454 e. The summed E-state index contributed by atoms with van der Waals surface area (Å²) in [6.45, 7) is 0.180. The average Bonchev–Trinajstić information content (AvgIpc) is 3.25. The summed E-state index contributed by atoms with van der Waals surface area (Å²) < 4.78 is 11.5. The van der Waals surface area contributed by atoms with E-state index in [9.17, 15) is 10.1 Å². The second-order valence-electron chi connectivity index (χ2n) is 5.69. The minimum atomic E-state index is -0.228. The molecule has 3 aromatic rings. The number of carbonyl (C=O) groups excluding carboxylic acids is 1. The fraction of sp³-hybridized carbons (Fsp3) is 0.0526. The number of ether oxygens (including phenoxy) is 2. The van der Waals surface area contributed by atoms with Gasteiger partial charge in [-0.2, -0.15) is 5.26 Å². The number of anilines is 3. The summed E-state index contributed by atoms with van der Waals surface area (Å²) in [7, 11) is 0. The van der Waals surface area contributed by atoms with E-state index in [0.717, 1.165) is 15.8 Å². The lowest BCUT2D eigenvalue weighted by atomic mass is 10.1. The van der Waals surface area contributed by atoms with Crippen LogP contribution in [0.1, 0.15) is 20.8 Å². The number of rotatable bonds is 4. The standard InChI is InChI=1S/C19H12BrN3O3S/c20-11-3-1-2-10(6-11)17(24)18-16(22)13(8-21)19(27-18)23-12-4-5-14-15(7-12)26-9-25-14/h1-7,23H,9,22H2. The number of fused-ring (bicyclic) bond motifs is 1. The van der Waals surface area contributed by atoms with E-state index < -0.39 is 0 Å². The predicted molar refractivity (Wildman–Crippen MR) is 107 cm³/mol. The van der Waals surface area contributed by atoms with Gasteiger partial charge in [-0.3, -0.25) is 4.79 Å². The van der Waals surface area contributed by atoms with Crippen LogP contribution < -0.4 is 20.5 Å². The summed E-state index contributed by atoms with van der Waals surface area (Å²) in [5.41, 5.74) is 7.73. The third-order valence-corrected chi connectivity index (χ3v) is 5.59. The van der Waals surface area contributed by atoms with E-state index in [-0.39, 0.29) is 23.8 Å². The maximum atomic E-state index is 12.8. The van der Waals surface area contributed by atoms with Crippen LogP contribution in [0.2, 0.25) is 0 Å². The van der Waals surface area contributed by atoms with Crippen molar-refractivity contribution in [1.29, 1.82) is 5.26 Å². The third-order valence-electron chi connectivity index (χ3n) is 3.98. The highest BCUT2D eigenvalue weighted by molar-refractivity contribution is 9.10. The minimum Gasteiger partial charge on any atom is -0.454 e. The molecular formula is C19H12BrN3O3S. The van der Waals surface area contributed by atoms with Crippen LogP contribution in [0.4, 0.5) is 16.4 Å². The van der Waals surface area contributed by atoms with E-state index >= 15 is 0 Å². The van der Waals surface area contributed by atoms with Crippen LogP contribution in [-0.2, 0) is 0 Å². The van der Waals surface area contributed by atoms with Crippen LogP contribution in [0, 0.1) is 11.3 Å². The summed E-state index contributed by atoms with van der Waals surface area (Å²) in [6, 6.07) is 14.5. The summed E-state index contributed by atoms with van der Waals surface area (Å²) in [5, 5.41) is 13.2. The molecule has 0 aliphatic carbocycles. The maximum absolute atomic E-state index is 12.8. The van der Waals surface area contributed by atoms with Crippen molar-refractivity contribution in [3.8, 4) is 17.6 Å². The van der Waals surface area contributed by atoms with Gasteiger partial charge in [-0.1, -0.05) is 28.1 Å². The molecule has 0 fully saturated rings. The number of nitrogens with zero attached hydrogens (tertiary/aromatic N) is 1. The smallest absolute Gasteiger partial charge is 0.231 e. The van der Waals surface area contributed by atoms with Crippen molar-refractivity contribution in [3.63, 3.8) is 0 Å². The van der Waals surface area contributed by atoms with Gasteiger partial charge in [0.05, 0.1) is 5.69 Å². The first-order valence-corrected chi connectivity index (χ1v) is 9.47. The highest BCUT2D eigenvalue weighted by atomic mass is 79.9. The number of nitrogen functional groups attached to an aromatic ring is 1. The SMILES string of the molecule is N#Cc1c(Nc2ccc3c(c2)OCO3)sc(C(=O)c2cccc(Br)c2)c1N. The van der Waals surface area contributed by atoms with Crippen molar-refractivity contribution in [2.75, 3.05) is 17.8 Å². The Morgan fingerprint density at radius 2 is 2.04 bits per heavy atom. The van der Waals surface area contributed by atoms with Gasteiger partial charge in [0.15, 0.2) is 11.5 Å². The molecule has 0 atom stereocenters. The number of ketones is 1. The Kier molecular flexibility index (Phi) is 4.48. The molecule has 0 amide bonds. The number of nitrogens with one attached hydrogen (secondary N) is 1. The van der Waals surface area contributed by atoms with Crippen molar-refractivity contribution in [1.82, 2.24) is 0 Å². The van der Waals surface area contributed by atoms with E-state index in [1.807, 2.05) is 6.07 Å². The first kappa shape index (κ1) is 17.4. The summed E-state index contributed by atoms with van der Waals surface area (Å²) in [6.07, 6.45) is 0. The number of hydrogen-bond acceptors (Lipinski definition) is 7. The number of hydrogen-bond donors (Lipinski definition) is 2. The van der Waals surface area contributed by atoms with Gasteiger partial charge in [0.2, 0.25) is 12.6 Å². The van der Waals surface area contributed by atoms with Gasteiger partial charge in [0.25, 0.3) is 0 Å². The second-order valence-corrected chi connectivity index (χ2v) is 7.63. The topological polar surface area (TPSA) is 97.4 Å². The normalized spacial score (nSPS) is 11.9. The molecule has 0 saturated carbocycles. The molecular weight excluding hydrogens is 430 g/mol. The number of nitriles is 1. The third kappa shape index (κ3) is 3.23. The molecule has 0 radical (unpaired) electrons. The fourth-order valence-corrected chi connectivity index (χ4v) is 4.13. The zero-order chi connectivity index (χ0) is 19.0. The van der Waals surface area contributed by atoms with Gasteiger partial charge in [-0.05, 0) is 24.3 Å². The van der Waals surface area contributed by atoms with Crippen molar-refractivity contribution >= 4 is 49.4 Å². The van der Waals surface area contributed by atoms with Crippen molar-refractivity contribution in [2.24, 2.45) is 0 Å². The van der Waals surface area contributed by atoms with Crippen molar-refractivity contribution < 1.29 is 14.3 Å². The quantitative estimate of drug-likeness (QED) is 0.570. The maximum Gasteiger partial charge on any atom is 0.231 e. The van der Waals surface area contributed by atoms with Gasteiger partial charge in [-0.15, -0.1) is 11.3 Å². The first-order valence-electron chi connectivity index (χ1n) is 7.86. The van der Waals surface area contributed by atoms with Crippen LogP contribution in [0.5, 0.6) is 11.5 Å². The Labute approximate surface area is 167 Å². The monoisotopic (exact) mass is 441 g/mol. The van der Waals surface area contributed by atoms with Crippen LogP contribution in [-0.4, -0.2) is 12.6 Å². The zero-order valence-corrected chi connectivity index (χ0v) is 16.2. The Bertz CT molecular complexity index is 1100. The number of halogens is 1. The van der Waals surface area contributed by atoms with Crippen molar-refractivity contribution in [3.05, 3.63) is 62.9 Å². The van der Waals surface area contributed by atoms with Crippen LogP contribution in [0.25, 0.3) is 0 Å². The van der Waals surface area contributed by atoms with E-state index in [2.05, 4.69) is 27.3 Å². The van der Waals surface area contributed by atoms with Gasteiger partial charge >= 0.3 is 0 Å². The summed E-state index contributed by atoms with van der Waals surface area (Å²) >= 11 is 4.51. The number of thiophene rings is 1. The van der Waals surface area contributed by atoms with E-state index in [1.54, 1.807) is 36.4 Å². The highest BCUT2D eigenvalue weighted by Gasteiger charge is 2.23. The fourth-order valence-electron chi connectivity index (χ4n) is 2.68. The number of benzene rings is 2. The van der Waals surface area contributed by atoms with Crippen LogP contribution >= 0.6 is 27.3 Å². The van der Waals surface area contributed by atoms with Gasteiger partial charge < -0.3 is 20.5 Å². The van der Waals surface area contributed by atoms with Gasteiger partial charge in [-0.25, -0.2) is 0 Å². The molecule has 6 nitrogen and oxygen atoms in total. The molecule has 134 valence electrons. The molecule has 0 bridgehead atoms. The lowest BCUT2D eigenvalue weighted by molar-refractivity contribution is 0.104. The van der Waals surface area contributed by atoms with Crippen LogP contribution in [0.15, 0.2) is 46.9 Å². The molecule has 4 rings (SSSR count). The molecule has 1 aliphatic heterocycles. The van der Waals surface area contributed by atoms with Gasteiger partial charge in [0, 0.05) is 21.8 Å². The molecule has 27 heavy (non-hydrogen) atoms. The zero-order valence-electron chi connectivity index (χ0n) is 13.8. The molecule has 0 spiro atoms. The van der Waals surface area contributed by atoms with Crippen LogP contribution in [0.3, 0.4) is 0 Å². The number of carbonyl (C=O) groups is 1. The molecule has 8 heteroatoms. The molecule has 3 N–H and O–H groups in total. The Balaban J connectivity index is 1.69. The Morgan fingerprint density at radius 3 is 2.81 bits per heavy atom. The van der Waals surface area contributed by atoms with E-state index in [1.165, 1.54) is 0 Å².